The molecule has 0 saturated carbocycles. The van der Waals surface area contributed by atoms with Crippen molar-refractivity contribution >= 4 is 54.6 Å². The van der Waals surface area contributed by atoms with Gasteiger partial charge in [-0.25, -0.2) is 4.79 Å². The summed E-state index contributed by atoms with van der Waals surface area (Å²) in [6.45, 7) is 0.326. The zero-order chi connectivity index (χ0) is 18.7. The van der Waals surface area contributed by atoms with E-state index in [-0.39, 0.29) is 14.6 Å². The Morgan fingerprint density at radius 3 is 2.69 bits per heavy atom. The smallest absolute Gasteiger partial charge is 0.319 e. The number of amides is 4. The predicted molar refractivity (Wildman–Crippen MR) is 103 cm³/mol. The Kier molecular flexibility index (Phi) is 5.68. The second kappa shape index (κ2) is 7.97. The minimum atomic E-state index is -0.418. The van der Waals surface area contributed by atoms with Gasteiger partial charge in [-0.2, -0.15) is 0 Å². The van der Waals surface area contributed by atoms with E-state index in [0.717, 1.165) is 0 Å². The number of imide groups is 1. The fourth-order valence-electron chi connectivity index (χ4n) is 2.78. The van der Waals surface area contributed by atoms with E-state index in [4.69, 9.17) is 17.4 Å². The van der Waals surface area contributed by atoms with Crippen molar-refractivity contribution in [2.75, 3.05) is 24.0 Å². The van der Waals surface area contributed by atoms with Gasteiger partial charge in [0.1, 0.15) is 0 Å². The topological polar surface area (TPSA) is 117 Å². The number of urea groups is 1. The highest BCUT2D eigenvalue weighted by Crippen LogP contribution is 2.36. The average Bonchev–Trinajstić information content (AvgIpc) is 2.64. The third-order valence-electron chi connectivity index (χ3n) is 3.82. The Labute approximate surface area is 156 Å². The maximum absolute atomic E-state index is 12.8. The van der Waals surface area contributed by atoms with Crippen molar-refractivity contribution in [3.05, 3.63) is 41.5 Å². The van der Waals surface area contributed by atoms with Crippen LogP contribution >= 0.6 is 20.3 Å². The molecule has 136 valence electrons. The Balaban J connectivity index is 2.02. The molecule has 1 aliphatic heterocycles. The molecule has 0 bridgehead atoms. The molecule has 10 heteroatoms. The summed E-state index contributed by atoms with van der Waals surface area (Å²) >= 11 is 5.55. The molecule has 1 heterocycles. The molecule has 2 aromatic carbocycles. The summed E-state index contributed by atoms with van der Waals surface area (Å²) < 4.78 is 1.17. The number of nitrogens with zero attached hydrogens (tertiary/aromatic N) is 1. The number of hydrogen-bond donors (Lipinski definition) is 4. The summed E-state index contributed by atoms with van der Waals surface area (Å²) in [6.07, 6.45) is 0.307. The SMILES string of the molecule is NNCPN1C(=O)c2cccc3cc(NC(=O)NCCCl)cc(c23)C1=O. The third-order valence-corrected chi connectivity index (χ3v) is 5.09. The second-order valence-corrected chi connectivity index (χ2v) is 6.98. The fraction of sp³-hybridized carbons (Fsp3) is 0.188. The average molecular weight is 394 g/mol. The number of anilines is 1. The summed E-state index contributed by atoms with van der Waals surface area (Å²) in [5.41, 5.74) is 3.74. The van der Waals surface area contributed by atoms with Crippen LogP contribution in [0.3, 0.4) is 0 Å². The molecule has 1 aliphatic rings. The maximum atomic E-state index is 12.8. The summed E-state index contributed by atoms with van der Waals surface area (Å²) in [6, 6.07) is 8.11. The van der Waals surface area contributed by atoms with Crippen molar-refractivity contribution in [1.29, 1.82) is 0 Å². The van der Waals surface area contributed by atoms with Crippen molar-refractivity contribution in [3.63, 3.8) is 0 Å². The first-order valence-electron chi connectivity index (χ1n) is 7.80. The van der Waals surface area contributed by atoms with Gasteiger partial charge in [0.05, 0.1) is 5.56 Å². The van der Waals surface area contributed by atoms with Gasteiger partial charge >= 0.3 is 6.03 Å². The molecule has 3 rings (SSSR count). The van der Waals surface area contributed by atoms with Crippen molar-refractivity contribution in [1.82, 2.24) is 15.4 Å². The van der Waals surface area contributed by atoms with E-state index in [1.807, 2.05) is 0 Å². The Bertz CT molecular complexity index is 892. The number of alkyl halides is 1. The van der Waals surface area contributed by atoms with E-state index in [1.54, 1.807) is 30.3 Å². The number of nitrogens with two attached hydrogens (primary N) is 1. The van der Waals surface area contributed by atoms with Crippen molar-refractivity contribution in [2.24, 2.45) is 5.84 Å². The number of carbonyl (C=O) groups excluding carboxylic acids is 3. The fourth-order valence-corrected chi connectivity index (χ4v) is 3.66. The second-order valence-electron chi connectivity index (χ2n) is 5.48. The van der Waals surface area contributed by atoms with Gasteiger partial charge in [0, 0.05) is 44.1 Å². The molecule has 0 spiro atoms. The normalized spacial score (nSPS) is 13.7. The molecule has 0 aromatic heterocycles. The molecule has 8 nitrogen and oxygen atoms in total. The highest BCUT2D eigenvalue weighted by molar-refractivity contribution is 7.37. The first-order chi connectivity index (χ1) is 12.6. The zero-order valence-corrected chi connectivity index (χ0v) is 15.4. The van der Waals surface area contributed by atoms with Crippen LogP contribution in [-0.4, -0.2) is 41.2 Å². The first kappa shape index (κ1) is 18.5. The summed E-state index contributed by atoms with van der Waals surface area (Å²) in [5.74, 6) is 4.82. The number of hydrogen-bond acceptors (Lipinski definition) is 5. The summed E-state index contributed by atoms with van der Waals surface area (Å²) in [5, 5.41) is 6.57. The summed E-state index contributed by atoms with van der Waals surface area (Å²) in [4.78, 5) is 37.4. The molecule has 26 heavy (non-hydrogen) atoms. The predicted octanol–water partition coefficient (Wildman–Crippen LogP) is 1.81. The molecule has 1 unspecified atom stereocenters. The van der Waals surface area contributed by atoms with Crippen molar-refractivity contribution in [2.45, 2.75) is 0 Å². The molecule has 4 amide bonds. The molecule has 0 radical (unpaired) electrons. The van der Waals surface area contributed by atoms with E-state index < -0.39 is 11.9 Å². The zero-order valence-electron chi connectivity index (χ0n) is 13.6. The molecular formula is C16H17ClN5O3P. The van der Waals surface area contributed by atoms with Gasteiger partial charge in [-0.15, -0.1) is 11.6 Å². The molecule has 1 atom stereocenters. The van der Waals surface area contributed by atoms with E-state index in [9.17, 15) is 14.4 Å². The molecule has 0 saturated heterocycles. The quantitative estimate of drug-likeness (QED) is 0.196. The van der Waals surface area contributed by atoms with E-state index >= 15 is 0 Å². The van der Waals surface area contributed by atoms with Crippen LogP contribution in [0.1, 0.15) is 20.7 Å². The van der Waals surface area contributed by atoms with Gasteiger partial charge in [0.15, 0.2) is 0 Å². The number of benzene rings is 2. The van der Waals surface area contributed by atoms with Crippen LogP contribution in [0.25, 0.3) is 10.8 Å². The van der Waals surface area contributed by atoms with E-state index in [0.29, 0.717) is 46.3 Å². The monoisotopic (exact) mass is 393 g/mol. The van der Waals surface area contributed by atoms with Crippen LogP contribution in [0.2, 0.25) is 0 Å². The standard InChI is InChI=1S/C16H17ClN5O3P/c17-4-5-19-16(25)21-10-6-9-2-1-3-11-13(9)12(7-10)15(24)22(14(11)23)26-8-20-18/h1-3,6-7,20,26H,4-5,8,18H2,(H2,19,21,25). The number of halogens is 1. The van der Waals surface area contributed by atoms with Gasteiger partial charge in [-0.3, -0.25) is 25.5 Å². The number of rotatable bonds is 6. The van der Waals surface area contributed by atoms with Gasteiger partial charge in [-0.1, -0.05) is 12.1 Å². The van der Waals surface area contributed by atoms with E-state index in [1.165, 1.54) is 4.67 Å². The lowest BCUT2D eigenvalue weighted by atomic mass is 9.94. The number of carbonyl (C=O) groups is 3. The Morgan fingerprint density at radius 2 is 1.96 bits per heavy atom. The van der Waals surface area contributed by atoms with E-state index in [2.05, 4.69) is 16.1 Å². The highest BCUT2D eigenvalue weighted by atomic mass is 35.5. The van der Waals surface area contributed by atoms with Gasteiger partial charge in [0.25, 0.3) is 11.8 Å². The molecule has 2 aromatic rings. The molecule has 5 N–H and O–H groups in total. The Hall–Kier alpha value is -2.25. The van der Waals surface area contributed by atoms with Gasteiger partial charge in [-0.05, 0) is 23.6 Å². The Morgan fingerprint density at radius 1 is 1.19 bits per heavy atom. The van der Waals surface area contributed by atoms with Gasteiger partial charge < -0.3 is 10.6 Å². The molecule has 0 aliphatic carbocycles. The van der Waals surface area contributed by atoms with Crippen LogP contribution in [0.5, 0.6) is 0 Å². The highest BCUT2D eigenvalue weighted by Gasteiger charge is 2.33. The lowest BCUT2D eigenvalue weighted by Gasteiger charge is -2.27. The van der Waals surface area contributed by atoms with Crippen LogP contribution in [-0.2, 0) is 0 Å². The van der Waals surface area contributed by atoms with Crippen molar-refractivity contribution < 1.29 is 14.4 Å². The third kappa shape index (κ3) is 3.50. The van der Waals surface area contributed by atoms with Gasteiger partial charge in [0.2, 0.25) is 0 Å². The number of hydrazine groups is 1. The lowest BCUT2D eigenvalue weighted by Crippen LogP contribution is -2.36. The minimum Gasteiger partial charge on any atom is -0.337 e. The van der Waals surface area contributed by atoms with Crippen LogP contribution in [0, 0.1) is 0 Å². The van der Waals surface area contributed by atoms with Crippen LogP contribution < -0.4 is 21.9 Å². The van der Waals surface area contributed by atoms with Crippen molar-refractivity contribution in [3.8, 4) is 0 Å². The number of nitrogens with one attached hydrogen (secondary N) is 3. The first-order valence-corrected chi connectivity index (χ1v) is 9.49. The lowest BCUT2D eigenvalue weighted by molar-refractivity contribution is 0.0733. The largest absolute Gasteiger partial charge is 0.337 e. The maximum Gasteiger partial charge on any atom is 0.319 e. The molecule has 0 fully saturated rings. The van der Waals surface area contributed by atoms with Crippen LogP contribution in [0.15, 0.2) is 30.3 Å². The summed E-state index contributed by atoms with van der Waals surface area (Å²) in [7, 11) is -0.124. The molecular weight excluding hydrogens is 377 g/mol. The van der Waals surface area contributed by atoms with Crippen LogP contribution in [0.4, 0.5) is 10.5 Å². The minimum absolute atomic E-state index is 0.124.